The van der Waals surface area contributed by atoms with Gasteiger partial charge in [0.2, 0.25) is 11.8 Å². The topological polar surface area (TPSA) is 100 Å². The number of hydrogen-bond acceptors (Lipinski definition) is 6. The zero-order valence-corrected chi connectivity index (χ0v) is 20.9. The third-order valence-electron chi connectivity index (χ3n) is 9.56. The number of carbonyl (C=O) groups excluding carboxylic acids is 2. The quantitative estimate of drug-likeness (QED) is 0.546. The highest BCUT2D eigenvalue weighted by Crippen LogP contribution is 2.66. The fourth-order valence-electron chi connectivity index (χ4n) is 7.87. The number of hydrogen-bond donors (Lipinski definition) is 3. The summed E-state index contributed by atoms with van der Waals surface area (Å²) in [7, 11) is 1.73. The molecule has 5 aliphatic rings. The molecule has 1 spiro atoms. The Balaban J connectivity index is 1.36. The lowest BCUT2D eigenvalue weighted by atomic mass is 9.47. The van der Waals surface area contributed by atoms with E-state index in [1.807, 2.05) is 0 Å². The number of methoxy groups -OCH3 is 1. The van der Waals surface area contributed by atoms with Crippen molar-refractivity contribution in [3.63, 3.8) is 0 Å². The molecule has 2 amide bonds. The molecule has 2 heterocycles. The van der Waals surface area contributed by atoms with Gasteiger partial charge in [-0.1, -0.05) is 13.0 Å². The summed E-state index contributed by atoms with van der Waals surface area (Å²) in [4.78, 5) is 26.4. The zero-order valence-electron chi connectivity index (χ0n) is 20.9. The van der Waals surface area contributed by atoms with Crippen LogP contribution in [-0.4, -0.2) is 73.4 Å². The first-order chi connectivity index (χ1) is 16.8. The second-order valence-corrected chi connectivity index (χ2v) is 11.8. The van der Waals surface area contributed by atoms with Gasteiger partial charge >= 0.3 is 0 Å². The van der Waals surface area contributed by atoms with Gasteiger partial charge in [0.1, 0.15) is 12.2 Å². The van der Waals surface area contributed by atoms with Crippen molar-refractivity contribution in [2.45, 2.75) is 69.6 Å². The Morgan fingerprint density at radius 2 is 2.09 bits per heavy atom. The Bertz CT molecular complexity index is 1060. The summed E-state index contributed by atoms with van der Waals surface area (Å²) in [6.45, 7) is 6.23. The SMILES string of the molecule is COC1[C@@H]2Oc3c(O)ccc4c3[C@@]23CCN(CC2CC2)[C@H](C4)C3C[C@@]1(C)CNC(=O)CNC(C)=O. The Morgan fingerprint density at radius 3 is 2.80 bits per heavy atom. The number of amides is 2. The van der Waals surface area contributed by atoms with Gasteiger partial charge in [0.05, 0.1) is 6.54 Å². The number of benzene rings is 1. The van der Waals surface area contributed by atoms with Gasteiger partial charge in [-0.15, -0.1) is 0 Å². The van der Waals surface area contributed by atoms with Gasteiger partial charge in [0.15, 0.2) is 11.5 Å². The molecule has 190 valence electrons. The highest BCUT2D eigenvalue weighted by Gasteiger charge is 2.70. The fourth-order valence-corrected chi connectivity index (χ4v) is 7.87. The van der Waals surface area contributed by atoms with Crippen molar-refractivity contribution in [2.24, 2.45) is 17.3 Å². The molecule has 1 aromatic rings. The Hall–Kier alpha value is -2.32. The summed E-state index contributed by atoms with van der Waals surface area (Å²) < 4.78 is 12.8. The van der Waals surface area contributed by atoms with E-state index < -0.39 is 0 Å². The first-order valence-corrected chi connectivity index (χ1v) is 13.1. The van der Waals surface area contributed by atoms with Crippen LogP contribution in [0.25, 0.3) is 0 Å². The highest BCUT2D eigenvalue weighted by molar-refractivity contribution is 5.83. The molecule has 6 rings (SSSR count). The fraction of sp³-hybridized carbons (Fsp3) is 0.704. The maximum absolute atomic E-state index is 12.5. The van der Waals surface area contributed by atoms with E-state index in [1.54, 1.807) is 13.2 Å². The summed E-state index contributed by atoms with van der Waals surface area (Å²) in [5.74, 6) is 1.62. The third-order valence-corrected chi connectivity index (χ3v) is 9.56. The van der Waals surface area contributed by atoms with Crippen molar-refractivity contribution in [2.75, 3.05) is 33.3 Å². The molecule has 3 aliphatic carbocycles. The van der Waals surface area contributed by atoms with E-state index in [4.69, 9.17) is 9.47 Å². The highest BCUT2D eigenvalue weighted by atomic mass is 16.5. The van der Waals surface area contributed by atoms with Crippen molar-refractivity contribution < 1.29 is 24.2 Å². The van der Waals surface area contributed by atoms with Crippen LogP contribution in [0.2, 0.25) is 0 Å². The molecule has 8 heteroatoms. The smallest absolute Gasteiger partial charge is 0.239 e. The normalized spacial score (nSPS) is 36.8. The van der Waals surface area contributed by atoms with Crippen LogP contribution in [0, 0.1) is 17.3 Å². The van der Waals surface area contributed by atoms with Crippen LogP contribution in [-0.2, 0) is 26.2 Å². The van der Waals surface area contributed by atoms with Gasteiger partial charge in [-0.25, -0.2) is 0 Å². The number of phenols is 1. The van der Waals surface area contributed by atoms with Crippen molar-refractivity contribution in [3.05, 3.63) is 23.3 Å². The van der Waals surface area contributed by atoms with Gasteiger partial charge < -0.3 is 25.2 Å². The number of likely N-dealkylation sites (tertiary alicyclic amines) is 1. The molecule has 8 nitrogen and oxygen atoms in total. The van der Waals surface area contributed by atoms with Crippen LogP contribution in [0.1, 0.15) is 50.7 Å². The molecule has 1 aromatic carbocycles. The number of nitrogens with one attached hydrogen (secondary N) is 2. The molecule has 2 saturated carbocycles. The maximum atomic E-state index is 12.5. The molecular formula is C27H37N3O5. The van der Waals surface area contributed by atoms with Gasteiger partial charge in [0, 0.05) is 49.6 Å². The lowest BCUT2D eigenvalue weighted by Gasteiger charge is -2.63. The second-order valence-electron chi connectivity index (χ2n) is 11.8. The van der Waals surface area contributed by atoms with E-state index in [2.05, 4.69) is 28.5 Å². The van der Waals surface area contributed by atoms with Crippen LogP contribution in [0.3, 0.4) is 0 Å². The van der Waals surface area contributed by atoms with Crippen LogP contribution in [0.15, 0.2) is 12.1 Å². The van der Waals surface area contributed by atoms with E-state index in [0.717, 1.165) is 31.7 Å². The summed E-state index contributed by atoms with van der Waals surface area (Å²) >= 11 is 0. The van der Waals surface area contributed by atoms with E-state index >= 15 is 0 Å². The van der Waals surface area contributed by atoms with Crippen LogP contribution < -0.4 is 15.4 Å². The molecule has 0 aromatic heterocycles. The molecule has 1 saturated heterocycles. The Kier molecular flexibility index (Phi) is 5.35. The molecular weight excluding hydrogens is 446 g/mol. The van der Waals surface area contributed by atoms with Crippen LogP contribution in [0.4, 0.5) is 0 Å². The van der Waals surface area contributed by atoms with E-state index in [9.17, 15) is 14.7 Å². The van der Waals surface area contributed by atoms with Gasteiger partial charge in [0.25, 0.3) is 0 Å². The molecule has 2 unspecified atom stereocenters. The van der Waals surface area contributed by atoms with Gasteiger partial charge in [-0.2, -0.15) is 0 Å². The zero-order chi connectivity index (χ0) is 24.5. The Morgan fingerprint density at radius 1 is 1.29 bits per heavy atom. The monoisotopic (exact) mass is 483 g/mol. The minimum atomic E-state index is -0.352. The lowest BCUT2D eigenvalue weighted by Crippen LogP contribution is -2.71. The van der Waals surface area contributed by atoms with Crippen molar-refractivity contribution in [3.8, 4) is 11.5 Å². The number of phenolic OH excluding ortho intramolecular Hbond substituents is 1. The standard InChI is InChI=1S/C27H37N3O5/c1-15(31)28-12-21(33)29-14-26(2)11-18-19-10-17-6-7-20(32)23-22(17)27(18,25(35-23)24(26)34-3)8-9-30(19)13-16-4-5-16/h6-7,16,18-19,24-25,32H,4-5,8-14H2,1-3H3,(H,28,31)(H,29,33)/t18?,19-,24?,25+,26+,27+/m1/s1. The molecule has 3 fully saturated rings. The predicted octanol–water partition coefficient (Wildman–Crippen LogP) is 1.72. The van der Waals surface area contributed by atoms with E-state index in [-0.39, 0.29) is 47.1 Å². The number of aromatic hydroxyl groups is 1. The summed E-state index contributed by atoms with van der Waals surface area (Å²) in [6.07, 6.45) is 5.10. The molecule has 0 radical (unpaired) electrons. The number of nitrogens with zero attached hydrogens (tertiary/aromatic N) is 1. The van der Waals surface area contributed by atoms with Crippen molar-refractivity contribution in [1.29, 1.82) is 0 Å². The average molecular weight is 484 g/mol. The summed E-state index contributed by atoms with van der Waals surface area (Å²) in [5, 5.41) is 16.4. The molecule has 35 heavy (non-hydrogen) atoms. The minimum absolute atomic E-state index is 0.0309. The van der Waals surface area contributed by atoms with E-state index in [0.29, 0.717) is 24.3 Å². The number of carbonyl (C=O) groups is 2. The minimum Gasteiger partial charge on any atom is -0.504 e. The second kappa shape index (κ2) is 8.10. The first-order valence-electron chi connectivity index (χ1n) is 13.1. The average Bonchev–Trinajstić information content (AvgIpc) is 3.57. The molecule has 6 atom stereocenters. The number of rotatable bonds is 7. The number of ether oxygens (including phenoxy) is 2. The summed E-state index contributed by atoms with van der Waals surface area (Å²) in [5.41, 5.74) is 2.00. The maximum Gasteiger partial charge on any atom is 0.239 e. The largest absolute Gasteiger partial charge is 0.504 e. The summed E-state index contributed by atoms with van der Waals surface area (Å²) in [6, 6.07) is 4.31. The van der Waals surface area contributed by atoms with Crippen molar-refractivity contribution >= 4 is 11.8 Å². The third kappa shape index (κ3) is 3.47. The van der Waals surface area contributed by atoms with Gasteiger partial charge in [-0.3, -0.25) is 14.5 Å². The molecule has 2 aliphatic heterocycles. The van der Waals surface area contributed by atoms with Crippen LogP contribution >= 0.6 is 0 Å². The molecule has 3 N–H and O–H groups in total. The van der Waals surface area contributed by atoms with E-state index in [1.165, 1.54) is 37.4 Å². The van der Waals surface area contributed by atoms with Crippen LogP contribution in [0.5, 0.6) is 11.5 Å². The first kappa shape index (κ1) is 23.1. The molecule has 2 bridgehead atoms. The lowest BCUT2D eigenvalue weighted by molar-refractivity contribution is -0.172. The number of piperidine rings is 1. The predicted molar refractivity (Wildman–Crippen MR) is 129 cm³/mol. The Labute approximate surface area is 206 Å². The van der Waals surface area contributed by atoms with Crippen molar-refractivity contribution in [1.82, 2.24) is 15.5 Å². The van der Waals surface area contributed by atoms with Gasteiger partial charge in [-0.05, 0) is 62.1 Å².